The van der Waals surface area contributed by atoms with Gasteiger partial charge in [0.1, 0.15) is 0 Å². The van der Waals surface area contributed by atoms with E-state index in [0.29, 0.717) is 5.92 Å². The molecule has 1 unspecified atom stereocenters. The molecular formula is C9H11NOS. The zero-order valence-corrected chi connectivity index (χ0v) is 7.78. The van der Waals surface area contributed by atoms with Crippen LogP contribution in [0.1, 0.15) is 6.42 Å². The highest BCUT2D eigenvalue weighted by atomic mass is 32.2. The minimum absolute atomic E-state index is 0.125. The maximum Gasteiger partial charge on any atom is 0.247 e. The van der Waals surface area contributed by atoms with E-state index >= 15 is 0 Å². The first-order valence-corrected chi connectivity index (χ1v) is 5.27. The molecule has 1 heterocycles. The van der Waals surface area contributed by atoms with Crippen molar-refractivity contribution in [3.8, 4) is 0 Å². The van der Waals surface area contributed by atoms with Gasteiger partial charge in [-0.25, -0.2) is 0 Å². The van der Waals surface area contributed by atoms with Crippen molar-refractivity contribution in [2.45, 2.75) is 6.42 Å². The molecule has 1 fully saturated rings. The van der Waals surface area contributed by atoms with Gasteiger partial charge >= 0.3 is 0 Å². The topological polar surface area (TPSA) is 29.1 Å². The second-order valence-corrected chi connectivity index (χ2v) is 3.93. The Morgan fingerprint density at radius 2 is 2.50 bits per heavy atom. The van der Waals surface area contributed by atoms with Crippen LogP contribution in [0.4, 0.5) is 0 Å². The maximum atomic E-state index is 11.3. The third-order valence-electron chi connectivity index (χ3n) is 2.35. The Hall–Kier alpha value is -0.700. The number of hydrogen-bond acceptors (Lipinski definition) is 2. The summed E-state index contributed by atoms with van der Waals surface area (Å²) in [5.74, 6) is 0.563. The summed E-state index contributed by atoms with van der Waals surface area (Å²) in [5.41, 5.74) is 0.974. The molecule has 12 heavy (non-hydrogen) atoms. The lowest BCUT2D eigenvalue weighted by Crippen LogP contribution is -2.14. The number of carbonyl (C=O) groups is 1. The molecule has 1 amide bonds. The van der Waals surface area contributed by atoms with Crippen molar-refractivity contribution in [2.24, 2.45) is 5.92 Å². The van der Waals surface area contributed by atoms with Crippen molar-refractivity contribution in [3.63, 3.8) is 0 Å². The molecule has 2 nitrogen and oxygen atoms in total. The van der Waals surface area contributed by atoms with Gasteiger partial charge < -0.3 is 5.32 Å². The first-order valence-electron chi connectivity index (χ1n) is 4.05. The lowest BCUT2D eigenvalue weighted by atomic mass is 9.94. The molecule has 0 bridgehead atoms. The van der Waals surface area contributed by atoms with Gasteiger partial charge in [0.25, 0.3) is 0 Å². The van der Waals surface area contributed by atoms with Crippen LogP contribution in [-0.4, -0.2) is 18.7 Å². The summed E-state index contributed by atoms with van der Waals surface area (Å²) in [6.07, 6.45) is 7.27. The van der Waals surface area contributed by atoms with Crippen molar-refractivity contribution in [1.29, 1.82) is 0 Å². The predicted octanol–water partition coefficient (Wildman–Crippen LogP) is 1.31. The standard InChI is InChI=1S/C9H11NOS/c1-12-7-3-2-6-5-10-9(11)8(6)4-7/h3-4,6H,2,5H2,1H3,(H,10,11). The second kappa shape index (κ2) is 2.98. The molecule has 1 saturated heterocycles. The Balaban J connectivity index is 2.27. The molecule has 1 aliphatic heterocycles. The van der Waals surface area contributed by atoms with Crippen LogP contribution in [0.15, 0.2) is 22.6 Å². The van der Waals surface area contributed by atoms with Crippen LogP contribution >= 0.6 is 11.8 Å². The van der Waals surface area contributed by atoms with E-state index in [-0.39, 0.29) is 5.91 Å². The molecule has 1 atom stereocenters. The summed E-state index contributed by atoms with van der Waals surface area (Å²) in [4.78, 5) is 12.5. The molecule has 64 valence electrons. The molecule has 0 saturated carbocycles. The van der Waals surface area contributed by atoms with Gasteiger partial charge in [0.05, 0.1) is 0 Å². The van der Waals surface area contributed by atoms with Gasteiger partial charge in [-0.3, -0.25) is 4.79 Å². The van der Waals surface area contributed by atoms with Gasteiger partial charge in [-0.2, -0.15) is 0 Å². The normalized spacial score (nSPS) is 27.4. The maximum absolute atomic E-state index is 11.3. The van der Waals surface area contributed by atoms with E-state index < -0.39 is 0 Å². The van der Waals surface area contributed by atoms with Gasteiger partial charge in [0.15, 0.2) is 0 Å². The van der Waals surface area contributed by atoms with E-state index in [0.717, 1.165) is 18.5 Å². The zero-order chi connectivity index (χ0) is 8.55. The van der Waals surface area contributed by atoms with E-state index in [1.807, 2.05) is 12.3 Å². The van der Waals surface area contributed by atoms with E-state index in [4.69, 9.17) is 0 Å². The number of thioether (sulfide) groups is 1. The van der Waals surface area contributed by atoms with Crippen molar-refractivity contribution < 1.29 is 4.79 Å². The van der Waals surface area contributed by atoms with E-state index in [2.05, 4.69) is 11.4 Å². The van der Waals surface area contributed by atoms with Gasteiger partial charge in [-0.15, -0.1) is 11.8 Å². The SMILES string of the molecule is CSC1=CCC2CNC(=O)C2=C1. The summed E-state index contributed by atoms with van der Waals surface area (Å²) in [7, 11) is 0. The number of rotatable bonds is 1. The zero-order valence-electron chi connectivity index (χ0n) is 6.96. The fourth-order valence-electron chi connectivity index (χ4n) is 1.62. The number of amides is 1. The van der Waals surface area contributed by atoms with Crippen LogP contribution in [-0.2, 0) is 4.79 Å². The highest BCUT2D eigenvalue weighted by Gasteiger charge is 2.29. The monoisotopic (exact) mass is 181 g/mol. The largest absolute Gasteiger partial charge is 0.352 e. The van der Waals surface area contributed by atoms with Crippen LogP contribution in [0.3, 0.4) is 0 Å². The van der Waals surface area contributed by atoms with Crippen molar-refractivity contribution in [2.75, 3.05) is 12.8 Å². The van der Waals surface area contributed by atoms with Gasteiger partial charge in [-0.05, 0) is 18.8 Å². The lowest BCUT2D eigenvalue weighted by Gasteiger charge is -2.12. The van der Waals surface area contributed by atoms with Crippen LogP contribution in [0.5, 0.6) is 0 Å². The minimum Gasteiger partial charge on any atom is -0.352 e. The summed E-state index contributed by atoms with van der Waals surface area (Å²) < 4.78 is 0. The molecule has 2 aliphatic rings. The molecular weight excluding hydrogens is 170 g/mol. The van der Waals surface area contributed by atoms with Crippen LogP contribution in [0, 0.1) is 5.92 Å². The summed E-state index contributed by atoms with van der Waals surface area (Å²) in [6, 6.07) is 0. The summed E-state index contributed by atoms with van der Waals surface area (Å²) >= 11 is 1.70. The average Bonchev–Trinajstić information content (AvgIpc) is 2.47. The summed E-state index contributed by atoms with van der Waals surface area (Å²) in [6.45, 7) is 0.822. The van der Waals surface area contributed by atoms with Crippen LogP contribution in [0.25, 0.3) is 0 Å². The third kappa shape index (κ3) is 1.18. The fraction of sp³-hybridized carbons (Fsp3) is 0.444. The highest BCUT2D eigenvalue weighted by molar-refractivity contribution is 8.02. The number of nitrogens with one attached hydrogen (secondary N) is 1. The number of hydrogen-bond donors (Lipinski definition) is 1. The molecule has 2 rings (SSSR count). The van der Waals surface area contributed by atoms with E-state index in [9.17, 15) is 4.79 Å². The Morgan fingerprint density at radius 3 is 3.25 bits per heavy atom. The van der Waals surface area contributed by atoms with E-state index in [1.165, 1.54) is 4.91 Å². The van der Waals surface area contributed by atoms with E-state index in [1.54, 1.807) is 11.8 Å². The quantitative estimate of drug-likeness (QED) is 0.661. The molecule has 0 spiro atoms. The Kier molecular flexibility index (Phi) is 1.97. The number of fused-ring (bicyclic) bond motifs is 1. The second-order valence-electron chi connectivity index (χ2n) is 3.05. The number of allylic oxidation sites excluding steroid dienone is 2. The number of carbonyl (C=O) groups excluding carboxylic acids is 1. The lowest BCUT2D eigenvalue weighted by molar-refractivity contribution is -0.116. The molecule has 1 N–H and O–H groups in total. The van der Waals surface area contributed by atoms with Gasteiger partial charge in [-0.1, -0.05) is 6.08 Å². The fourth-order valence-corrected chi connectivity index (χ4v) is 2.13. The Labute approximate surface area is 76.1 Å². The predicted molar refractivity (Wildman–Crippen MR) is 50.8 cm³/mol. The summed E-state index contributed by atoms with van der Waals surface area (Å²) in [5, 5.41) is 2.86. The first kappa shape index (κ1) is 7.92. The molecule has 0 aromatic rings. The molecule has 3 heteroatoms. The van der Waals surface area contributed by atoms with Gasteiger partial charge in [0.2, 0.25) is 5.91 Å². The Morgan fingerprint density at radius 1 is 1.67 bits per heavy atom. The third-order valence-corrected chi connectivity index (χ3v) is 3.10. The minimum atomic E-state index is 0.125. The smallest absolute Gasteiger partial charge is 0.247 e. The molecule has 0 aromatic carbocycles. The first-order chi connectivity index (χ1) is 5.81. The van der Waals surface area contributed by atoms with Crippen molar-refractivity contribution in [1.82, 2.24) is 5.32 Å². The highest BCUT2D eigenvalue weighted by Crippen LogP contribution is 2.30. The Bertz CT molecular complexity index is 280. The van der Waals surface area contributed by atoms with Crippen molar-refractivity contribution in [3.05, 3.63) is 22.6 Å². The average molecular weight is 181 g/mol. The molecule has 1 aliphatic carbocycles. The van der Waals surface area contributed by atoms with Gasteiger partial charge in [0, 0.05) is 22.9 Å². The van der Waals surface area contributed by atoms with Crippen molar-refractivity contribution >= 4 is 17.7 Å². The van der Waals surface area contributed by atoms with Crippen LogP contribution in [0.2, 0.25) is 0 Å². The van der Waals surface area contributed by atoms with Crippen LogP contribution < -0.4 is 5.32 Å². The molecule has 0 aromatic heterocycles. The molecule has 0 radical (unpaired) electrons.